The van der Waals surface area contributed by atoms with E-state index in [4.69, 9.17) is 42.5 Å². The van der Waals surface area contributed by atoms with Crippen LogP contribution in [-0.2, 0) is 36.6 Å². The van der Waals surface area contributed by atoms with Crippen LogP contribution in [0.1, 0.15) is 74.0 Å². The Labute approximate surface area is 360 Å². The van der Waals surface area contributed by atoms with Crippen molar-refractivity contribution in [3.63, 3.8) is 0 Å². The summed E-state index contributed by atoms with van der Waals surface area (Å²) in [6.45, 7) is 15.7. The Morgan fingerprint density at radius 1 is 0.967 bits per heavy atom. The van der Waals surface area contributed by atoms with Crippen LogP contribution >= 0.6 is 23.2 Å². The maximum atomic E-state index is 15.5. The molecule has 0 spiro atoms. The van der Waals surface area contributed by atoms with Crippen LogP contribution in [0.2, 0.25) is 10.0 Å². The Bertz CT molecular complexity index is 2630. The summed E-state index contributed by atoms with van der Waals surface area (Å²) in [4.78, 5) is 32.1. The number of carboxylic acids is 1. The molecule has 0 unspecified atom stereocenters. The average Bonchev–Trinajstić information content (AvgIpc) is 3.83. The molecule has 6 aromatic rings. The van der Waals surface area contributed by atoms with Crippen molar-refractivity contribution in [2.24, 2.45) is 14.1 Å². The van der Waals surface area contributed by atoms with Gasteiger partial charge in [-0.2, -0.15) is 5.10 Å². The normalized spacial score (nSPS) is 16.1. The molecule has 1 N–H and O–H groups in total. The Morgan fingerprint density at radius 3 is 2.38 bits per heavy atom. The maximum Gasteiger partial charge on any atom is 0.352 e. The van der Waals surface area contributed by atoms with Gasteiger partial charge in [-0.25, -0.2) is 4.79 Å². The summed E-state index contributed by atoms with van der Waals surface area (Å²) in [5.41, 5.74) is 10.2. The van der Waals surface area contributed by atoms with E-state index in [-0.39, 0.29) is 17.6 Å². The summed E-state index contributed by atoms with van der Waals surface area (Å²) in [6, 6.07) is 13.3. The second-order valence-corrected chi connectivity index (χ2v) is 17.0. The largest absolute Gasteiger partial charge is 0.494 e. The molecule has 3 aromatic carbocycles. The monoisotopic (exact) mass is 854 g/mol. The highest BCUT2D eigenvalue weighted by Crippen LogP contribution is 2.46. The predicted molar refractivity (Wildman–Crippen MR) is 237 cm³/mol. The number of ether oxygens (including phenoxy) is 3. The second-order valence-electron chi connectivity index (χ2n) is 16.2. The van der Waals surface area contributed by atoms with Crippen LogP contribution in [0, 0.1) is 27.7 Å². The molecule has 14 heteroatoms. The lowest BCUT2D eigenvalue weighted by atomic mass is 9.98. The number of carboxylic acid groups (broad SMARTS) is 1. The minimum atomic E-state index is -1.04. The first kappa shape index (κ1) is 41.9. The number of rotatable bonds is 13. The van der Waals surface area contributed by atoms with Gasteiger partial charge in [0.2, 0.25) is 0 Å². The lowest BCUT2D eigenvalue weighted by molar-refractivity contribution is 0.0180. The van der Waals surface area contributed by atoms with Crippen LogP contribution in [-0.4, -0.2) is 93.4 Å². The van der Waals surface area contributed by atoms with Gasteiger partial charge in [0.15, 0.2) is 0 Å². The van der Waals surface area contributed by atoms with E-state index in [0.717, 1.165) is 105 Å². The van der Waals surface area contributed by atoms with Crippen LogP contribution in [0.15, 0.2) is 42.5 Å². The molecule has 2 aliphatic rings. The molecule has 12 nitrogen and oxygen atoms in total. The van der Waals surface area contributed by atoms with Gasteiger partial charge in [-0.05, 0) is 106 Å². The zero-order valence-corrected chi connectivity index (χ0v) is 36.8. The third-order valence-electron chi connectivity index (χ3n) is 12.2. The molecular weight excluding hydrogens is 803 g/mol. The van der Waals surface area contributed by atoms with Gasteiger partial charge in [-0.3, -0.25) is 14.4 Å². The summed E-state index contributed by atoms with van der Waals surface area (Å²) < 4.78 is 23.7. The number of aromatic carboxylic acids is 1. The van der Waals surface area contributed by atoms with Crippen molar-refractivity contribution in [2.75, 3.05) is 57.5 Å². The van der Waals surface area contributed by atoms with Gasteiger partial charge in [0.25, 0.3) is 5.91 Å². The van der Waals surface area contributed by atoms with Crippen LogP contribution in [0.3, 0.4) is 0 Å². The molecule has 8 rings (SSSR count). The number of carbonyl (C=O) groups is 2. The Kier molecular flexibility index (Phi) is 11.8. The van der Waals surface area contributed by atoms with Crippen LogP contribution < -0.4 is 9.64 Å². The number of fused-ring (bicyclic) bond motifs is 4. The molecule has 1 atom stereocenters. The van der Waals surface area contributed by atoms with E-state index in [9.17, 15) is 9.90 Å². The molecule has 0 saturated carbocycles. The number of aromatic nitrogens is 4. The minimum absolute atomic E-state index is 0.136. The summed E-state index contributed by atoms with van der Waals surface area (Å²) in [7, 11) is 3.67. The quantitative estimate of drug-likeness (QED) is 0.115. The van der Waals surface area contributed by atoms with Crippen molar-refractivity contribution in [1.29, 1.82) is 0 Å². The molecule has 3 aromatic heterocycles. The summed E-state index contributed by atoms with van der Waals surface area (Å²) in [5.74, 6) is -0.459. The lowest BCUT2D eigenvalue weighted by Gasteiger charge is -2.35. The zero-order valence-electron chi connectivity index (χ0n) is 35.3. The first-order valence-electron chi connectivity index (χ1n) is 20.6. The molecule has 1 amide bonds. The molecule has 5 heterocycles. The fraction of sp³-hybridized carbons (Fsp3) is 0.413. The van der Waals surface area contributed by atoms with Crippen LogP contribution in [0.25, 0.3) is 32.9 Å². The van der Waals surface area contributed by atoms with Gasteiger partial charge in [0.1, 0.15) is 17.1 Å². The second kappa shape index (κ2) is 16.9. The van der Waals surface area contributed by atoms with Gasteiger partial charge >= 0.3 is 5.97 Å². The Morgan fingerprint density at radius 2 is 1.70 bits per heavy atom. The molecule has 1 fully saturated rings. The number of hydrogen-bond acceptors (Lipinski definition) is 7. The summed E-state index contributed by atoms with van der Waals surface area (Å²) in [6.07, 6.45) is 1.20. The van der Waals surface area contributed by atoms with Crippen LogP contribution in [0.5, 0.6) is 5.75 Å². The Balaban J connectivity index is 1.22. The molecule has 0 aliphatic carbocycles. The average molecular weight is 856 g/mol. The molecular formula is C46H52Cl2N6O6. The van der Waals surface area contributed by atoms with Crippen molar-refractivity contribution in [3.8, 4) is 16.9 Å². The number of hydrogen-bond donors (Lipinski definition) is 1. The van der Waals surface area contributed by atoms with Crippen molar-refractivity contribution >= 4 is 62.6 Å². The molecule has 60 heavy (non-hydrogen) atoms. The van der Waals surface area contributed by atoms with Gasteiger partial charge < -0.3 is 33.4 Å². The SMILES string of the molecule is Cc1cc(OCCCc2c3n(c4c(-c5c(C)nn(C)c5C)c(Cl)ccc24)[C@H](C)CN(c2cc(COCCN4CCOCC4)cc4cc(C(=O)O)n(C)c24)C3=O)cc(C)c1Cl. The first-order chi connectivity index (χ1) is 28.7. The first-order valence-corrected chi connectivity index (χ1v) is 21.3. The van der Waals surface area contributed by atoms with Crippen molar-refractivity contribution < 1.29 is 28.9 Å². The number of anilines is 1. The van der Waals surface area contributed by atoms with Crippen LogP contribution in [0.4, 0.5) is 5.69 Å². The van der Waals surface area contributed by atoms with Crippen molar-refractivity contribution in [1.82, 2.24) is 23.8 Å². The summed E-state index contributed by atoms with van der Waals surface area (Å²) >= 11 is 13.6. The molecule has 0 bridgehead atoms. The predicted octanol–water partition coefficient (Wildman–Crippen LogP) is 8.85. The number of halogens is 2. The van der Waals surface area contributed by atoms with Gasteiger partial charge in [-0.15, -0.1) is 0 Å². The highest BCUT2D eigenvalue weighted by Gasteiger charge is 2.38. The van der Waals surface area contributed by atoms with E-state index in [2.05, 4.69) is 16.4 Å². The van der Waals surface area contributed by atoms with Gasteiger partial charge in [0, 0.05) is 78.9 Å². The fourth-order valence-electron chi connectivity index (χ4n) is 9.18. The summed E-state index contributed by atoms with van der Waals surface area (Å²) in [5, 5.41) is 17.9. The molecule has 0 radical (unpaired) electrons. The number of carbonyl (C=O) groups excluding carboxylic acids is 1. The van der Waals surface area contributed by atoms with E-state index >= 15 is 4.79 Å². The number of amides is 1. The number of aryl methyl sites for hydroxylation is 6. The van der Waals surface area contributed by atoms with Gasteiger partial charge in [0.05, 0.1) is 60.5 Å². The third kappa shape index (κ3) is 7.57. The van der Waals surface area contributed by atoms with E-state index in [0.29, 0.717) is 61.1 Å². The highest BCUT2D eigenvalue weighted by atomic mass is 35.5. The van der Waals surface area contributed by atoms with Crippen molar-refractivity contribution in [3.05, 3.63) is 97.5 Å². The maximum absolute atomic E-state index is 15.5. The smallest absolute Gasteiger partial charge is 0.352 e. The highest BCUT2D eigenvalue weighted by molar-refractivity contribution is 6.35. The number of nitrogens with zero attached hydrogens (tertiary/aromatic N) is 6. The Hall–Kier alpha value is -4.85. The third-order valence-corrected chi connectivity index (χ3v) is 13.1. The molecule has 316 valence electrons. The lowest BCUT2D eigenvalue weighted by Crippen LogP contribution is -2.43. The number of morpholine rings is 1. The van der Waals surface area contributed by atoms with E-state index in [1.54, 1.807) is 17.7 Å². The van der Waals surface area contributed by atoms with Crippen molar-refractivity contribution in [2.45, 2.75) is 60.1 Å². The molecule has 2 aliphatic heterocycles. The standard InChI is InChI=1S/C46H52Cl2N6O6/c1-26-19-33(20-27(2)41(26)48)60-15-8-9-34-35-10-11-36(47)40(39-29(4)49-51(7)30(39)5)43(35)54-28(3)24-53(45(55)44(34)54)37-22-31(25-59-18-14-52-12-16-58-17-13-52)21-32-23-38(46(56)57)50(6)42(32)37/h10-11,19-23,28H,8-9,12-18,24-25H2,1-7H3,(H,56,57)/t28-/m1/s1. The fourth-order valence-corrected chi connectivity index (χ4v) is 9.54. The van der Waals surface area contributed by atoms with E-state index in [1.165, 1.54) is 0 Å². The van der Waals surface area contributed by atoms with E-state index in [1.807, 2.05) is 80.7 Å². The molecule has 1 saturated heterocycles. The minimum Gasteiger partial charge on any atom is -0.494 e. The van der Waals surface area contributed by atoms with E-state index < -0.39 is 5.97 Å². The van der Waals surface area contributed by atoms with Gasteiger partial charge in [-0.1, -0.05) is 29.3 Å². The topological polar surface area (TPSA) is 116 Å². The number of benzene rings is 3. The zero-order chi connectivity index (χ0) is 42.6.